The molecule has 8 heteroatoms. The Balaban J connectivity index is 2.14. The summed E-state index contributed by atoms with van der Waals surface area (Å²) in [5.41, 5.74) is 4.85. The molecule has 1 fully saturated rings. The minimum absolute atomic E-state index is 0.0535. The average Bonchev–Trinajstić information content (AvgIpc) is 2.72. The van der Waals surface area contributed by atoms with E-state index >= 15 is 0 Å². The van der Waals surface area contributed by atoms with Gasteiger partial charge < -0.3 is 10.6 Å². The first-order chi connectivity index (χ1) is 10.6. The second-order valence-corrected chi connectivity index (χ2v) is 8.16. The summed E-state index contributed by atoms with van der Waals surface area (Å²) in [5, 5.41) is 0. The lowest BCUT2D eigenvalue weighted by molar-refractivity contribution is -0.135. The third kappa shape index (κ3) is 4.07. The van der Waals surface area contributed by atoms with Gasteiger partial charge in [0.2, 0.25) is 15.9 Å². The molecule has 23 heavy (non-hydrogen) atoms. The zero-order valence-corrected chi connectivity index (χ0v) is 14.1. The Bertz CT molecular complexity index is 668. The zero-order valence-electron chi connectivity index (χ0n) is 13.3. The molecule has 0 unspecified atom stereocenters. The molecule has 2 rings (SSSR count). The van der Waals surface area contributed by atoms with Gasteiger partial charge in [0, 0.05) is 26.2 Å². The number of nitrogens with zero attached hydrogens (tertiary/aromatic N) is 2. The summed E-state index contributed by atoms with van der Waals surface area (Å²) >= 11 is 0. The number of hydrogen-bond acceptors (Lipinski definition) is 4. The quantitative estimate of drug-likeness (QED) is 0.879. The predicted octanol–water partition coefficient (Wildman–Crippen LogP) is 0.786. The van der Waals surface area contributed by atoms with Crippen LogP contribution in [0.2, 0.25) is 0 Å². The van der Waals surface area contributed by atoms with Gasteiger partial charge in [-0.3, -0.25) is 4.79 Å². The summed E-state index contributed by atoms with van der Waals surface area (Å²) in [4.78, 5) is 13.9. The maximum Gasteiger partial charge on any atom is 0.243 e. The van der Waals surface area contributed by atoms with E-state index in [2.05, 4.69) is 0 Å². The Hall–Kier alpha value is -1.51. The van der Waals surface area contributed by atoms with Crippen molar-refractivity contribution in [3.63, 3.8) is 0 Å². The maximum absolute atomic E-state index is 13.0. The number of amides is 1. The standard InChI is InChI=1S/C15H22FN3O3S/c1-15(2,17)14(20)18-8-3-9-19(11-10-18)23(21,22)13-6-4-12(16)5-7-13/h4-7H,3,8-11,17H2,1-2H3. The highest BCUT2D eigenvalue weighted by molar-refractivity contribution is 7.89. The number of sulfonamides is 1. The molecule has 1 aromatic carbocycles. The van der Waals surface area contributed by atoms with Crippen molar-refractivity contribution >= 4 is 15.9 Å². The molecular weight excluding hydrogens is 321 g/mol. The smallest absolute Gasteiger partial charge is 0.243 e. The van der Waals surface area contributed by atoms with Gasteiger partial charge in [0.05, 0.1) is 10.4 Å². The van der Waals surface area contributed by atoms with Crippen LogP contribution in [-0.4, -0.2) is 55.2 Å². The molecule has 1 aliphatic rings. The van der Waals surface area contributed by atoms with E-state index in [1.807, 2.05) is 0 Å². The van der Waals surface area contributed by atoms with Crippen molar-refractivity contribution in [1.29, 1.82) is 0 Å². The first kappa shape index (κ1) is 17.8. The van der Waals surface area contributed by atoms with Crippen molar-refractivity contribution in [3.05, 3.63) is 30.1 Å². The second kappa shape index (κ2) is 6.54. The van der Waals surface area contributed by atoms with Gasteiger partial charge in [-0.1, -0.05) is 0 Å². The van der Waals surface area contributed by atoms with Crippen LogP contribution in [0.1, 0.15) is 20.3 Å². The fourth-order valence-electron chi connectivity index (χ4n) is 2.50. The largest absolute Gasteiger partial charge is 0.340 e. The molecule has 0 aromatic heterocycles. The van der Waals surface area contributed by atoms with Crippen molar-refractivity contribution in [2.45, 2.75) is 30.7 Å². The highest BCUT2D eigenvalue weighted by atomic mass is 32.2. The molecule has 2 N–H and O–H groups in total. The van der Waals surface area contributed by atoms with Crippen LogP contribution in [0.3, 0.4) is 0 Å². The lowest BCUT2D eigenvalue weighted by Crippen LogP contribution is -2.52. The van der Waals surface area contributed by atoms with Gasteiger partial charge >= 0.3 is 0 Å². The van der Waals surface area contributed by atoms with E-state index in [-0.39, 0.29) is 17.3 Å². The van der Waals surface area contributed by atoms with E-state index < -0.39 is 21.4 Å². The van der Waals surface area contributed by atoms with Gasteiger partial charge in [-0.15, -0.1) is 0 Å². The fourth-order valence-corrected chi connectivity index (χ4v) is 3.97. The Morgan fingerprint density at radius 1 is 1.13 bits per heavy atom. The van der Waals surface area contributed by atoms with Crippen LogP contribution in [0, 0.1) is 5.82 Å². The molecule has 0 bridgehead atoms. The third-order valence-electron chi connectivity index (χ3n) is 3.74. The molecule has 1 amide bonds. The topological polar surface area (TPSA) is 83.7 Å². The molecular formula is C15H22FN3O3S. The fraction of sp³-hybridized carbons (Fsp3) is 0.533. The van der Waals surface area contributed by atoms with Gasteiger partial charge in [0.25, 0.3) is 0 Å². The molecule has 1 aromatic rings. The summed E-state index contributed by atoms with van der Waals surface area (Å²) in [6.07, 6.45) is 0.530. The number of halogens is 1. The molecule has 0 atom stereocenters. The summed E-state index contributed by atoms with van der Waals surface area (Å²) in [6, 6.07) is 4.75. The third-order valence-corrected chi connectivity index (χ3v) is 5.66. The molecule has 0 spiro atoms. The lowest BCUT2D eigenvalue weighted by atomic mass is 10.1. The van der Waals surface area contributed by atoms with Crippen LogP contribution >= 0.6 is 0 Å². The van der Waals surface area contributed by atoms with Crippen LogP contribution < -0.4 is 5.73 Å². The van der Waals surface area contributed by atoms with Gasteiger partial charge in [0.1, 0.15) is 5.82 Å². The molecule has 128 valence electrons. The Labute approximate surface area is 136 Å². The van der Waals surface area contributed by atoms with E-state index in [1.54, 1.807) is 18.7 Å². The van der Waals surface area contributed by atoms with Crippen molar-refractivity contribution in [2.75, 3.05) is 26.2 Å². The summed E-state index contributed by atoms with van der Waals surface area (Å²) in [6.45, 7) is 4.53. The highest BCUT2D eigenvalue weighted by Gasteiger charge is 2.32. The van der Waals surface area contributed by atoms with Crippen LogP contribution in [0.15, 0.2) is 29.2 Å². The average molecular weight is 343 g/mol. The van der Waals surface area contributed by atoms with Crippen LogP contribution in [-0.2, 0) is 14.8 Å². The van der Waals surface area contributed by atoms with Crippen molar-refractivity contribution in [3.8, 4) is 0 Å². The summed E-state index contributed by atoms with van der Waals surface area (Å²) in [5.74, 6) is -0.680. The normalized spacial score (nSPS) is 17.8. The highest BCUT2D eigenvalue weighted by Crippen LogP contribution is 2.19. The van der Waals surface area contributed by atoms with Gasteiger partial charge in [0.15, 0.2) is 0 Å². The van der Waals surface area contributed by atoms with Crippen molar-refractivity contribution in [1.82, 2.24) is 9.21 Å². The Kier molecular flexibility index (Phi) is 5.07. The maximum atomic E-state index is 13.0. The zero-order chi connectivity index (χ0) is 17.3. The minimum Gasteiger partial charge on any atom is -0.340 e. The van der Waals surface area contributed by atoms with Crippen molar-refractivity contribution in [2.24, 2.45) is 5.73 Å². The molecule has 1 aliphatic heterocycles. The number of nitrogens with two attached hydrogens (primary N) is 1. The molecule has 0 radical (unpaired) electrons. The predicted molar refractivity (Wildman–Crippen MR) is 84.6 cm³/mol. The minimum atomic E-state index is -3.69. The Morgan fingerprint density at radius 3 is 2.30 bits per heavy atom. The van der Waals surface area contributed by atoms with Gasteiger partial charge in [-0.2, -0.15) is 4.31 Å². The molecule has 1 saturated heterocycles. The SMILES string of the molecule is CC(C)(N)C(=O)N1CCCN(S(=O)(=O)c2ccc(F)cc2)CC1. The van der Waals surface area contributed by atoms with Crippen LogP contribution in [0.25, 0.3) is 0 Å². The lowest BCUT2D eigenvalue weighted by Gasteiger charge is -2.28. The summed E-state index contributed by atoms with van der Waals surface area (Å²) in [7, 11) is -3.69. The monoisotopic (exact) mass is 343 g/mol. The number of carbonyl (C=O) groups excluding carboxylic acids is 1. The summed E-state index contributed by atoms with van der Waals surface area (Å²) < 4.78 is 39.5. The number of carbonyl (C=O) groups is 1. The van der Waals surface area contributed by atoms with Crippen LogP contribution in [0.4, 0.5) is 4.39 Å². The van der Waals surface area contributed by atoms with Crippen LogP contribution in [0.5, 0.6) is 0 Å². The molecule has 0 saturated carbocycles. The number of hydrogen-bond donors (Lipinski definition) is 1. The van der Waals surface area contributed by atoms with E-state index in [9.17, 15) is 17.6 Å². The Morgan fingerprint density at radius 2 is 1.74 bits per heavy atom. The van der Waals surface area contributed by atoms with Gasteiger partial charge in [-0.25, -0.2) is 12.8 Å². The molecule has 0 aliphatic carbocycles. The number of benzene rings is 1. The second-order valence-electron chi connectivity index (χ2n) is 6.23. The molecule has 6 nitrogen and oxygen atoms in total. The van der Waals surface area contributed by atoms with Gasteiger partial charge in [-0.05, 0) is 44.5 Å². The van der Waals surface area contributed by atoms with E-state index in [0.717, 1.165) is 12.1 Å². The van der Waals surface area contributed by atoms with Crippen molar-refractivity contribution < 1.29 is 17.6 Å². The van der Waals surface area contributed by atoms with E-state index in [0.29, 0.717) is 26.1 Å². The van der Waals surface area contributed by atoms with E-state index in [1.165, 1.54) is 16.4 Å². The number of rotatable bonds is 3. The van der Waals surface area contributed by atoms with E-state index in [4.69, 9.17) is 5.73 Å². The molecule has 1 heterocycles. The first-order valence-electron chi connectivity index (χ1n) is 7.46. The first-order valence-corrected chi connectivity index (χ1v) is 8.90.